The van der Waals surface area contributed by atoms with E-state index >= 15 is 0 Å². The molecule has 0 amide bonds. The summed E-state index contributed by atoms with van der Waals surface area (Å²) in [5.74, 6) is 0.0289. The van der Waals surface area contributed by atoms with Crippen molar-refractivity contribution in [2.75, 3.05) is 36.0 Å². The molecule has 37 heavy (non-hydrogen) atoms. The Hall–Kier alpha value is -2.91. The Morgan fingerprint density at radius 3 is 2.38 bits per heavy atom. The number of hydrogen-bond donors (Lipinski definition) is 0. The third kappa shape index (κ3) is 6.70. The summed E-state index contributed by atoms with van der Waals surface area (Å²) in [6.07, 6.45) is 2.34. The van der Waals surface area contributed by atoms with Crippen LogP contribution in [0, 0.1) is 11.8 Å². The predicted molar refractivity (Wildman–Crippen MR) is 134 cm³/mol. The van der Waals surface area contributed by atoms with Gasteiger partial charge >= 0.3 is 6.18 Å². The van der Waals surface area contributed by atoms with Crippen molar-refractivity contribution in [3.05, 3.63) is 35.3 Å². The molecule has 7 nitrogen and oxygen atoms in total. The lowest BCUT2D eigenvalue weighted by Gasteiger charge is -2.32. The predicted octanol–water partition coefficient (Wildman–Crippen LogP) is 5.73. The molecule has 1 atom stereocenters. The third-order valence-corrected chi connectivity index (χ3v) is 7.46. The molecule has 2 aromatic heterocycles. The first kappa shape index (κ1) is 27.1. The molecule has 2 saturated heterocycles. The highest BCUT2D eigenvalue weighted by Crippen LogP contribution is 2.35. The number of carbonyl (C=O) groups is 2. The SMILES string of the molecule is CCC(C)CC(=O)C1CCN(c2ccc(CC(=O)c3oc(N4CCCCC4)nc3C(F)(F)F)cn2)CC1. The number of halogens is 3. The number of oxazole rings is 1. The summed E-state index contributed by atoms with van der Waals surface area (Å²) in [4.78, 5) is 37.2. The van der Waals surface area contributed by atoms with E-state index < -0.39 is 23.4 Å². The topological polar surface area (TPSA) is 79.5 Å². The highest BCUT2D eigenvalue weighted by atomic mass is 19.4. The Kier molecular flexibility index (Phi) is 8.54. The van der Waals surface area contributed by atoms with E-state index in [4.69, 9.17) is 4.42 Å². The van der Waals surface area contributed by atoms with Gasteiger partial charge in [-0.05, 0) is 49.7 Å². The number of rotatable bonds is 9. The monoisotopic (exact) mass is 520 g/mol. The van der Waals surface area contributed by atoms with Gasteiger partial charge in [0.15, 0.2) is 5.69 Å². The highest BCUT2D eigenvalue weighted by Gasteiger charge is 2.41. The number of hydrogen-bond acceptors (Lipinski definition) is 7. The Morgan fingerprint density at radius 1 is 1.08 bits per heavy atom. The molecule has 10 heteroatoms. The van der Waals surface area contributed by atoms with Crippen molar-refractivity contribution in [1.29, 1.82) is 0 Å². The van der Waals surface area contributed by atoms with Crippen molar-refractivity contribution in [2.24, 2.45) is 11.8 Å². The summed E-state index contributed by atoms with van der Waals surface area (Å²) in [6, 6.07) is 3.33. The van der Waals surface area contributed by atoms with Crippen LogP contribution in [0.4, 0.5) is 25.0 Å². The lowest BCUT2D eigenvalue weighted by atomic mass is 9.87. The van der Waals surface area contributed by atoms with E-state index in [0.717, 1.165) is 44.3 Å². The van der Waals surface area contributed by atoms with Gasteiger partial charge in [0.1, 0.15) is 11.6 Å². The van der Waals surface area contributed by atoms with Gasteiger partial charge in [-0.2, -0.15) is 18.2 Å². The van der Waals surface area contributed by atoms with Crippen LogP contribution < -0.4 is 9.80 Å². The van der Waals surface area contributed by atoms with Gasteiger partial charge in [0.25, 0.3) is 6.01 Å². The number of pyridine rings is 1. The van der Waals surface area contributed by atoms with Crippen LogP contribution in [0.15, 0.2) is 22.7 Å². The van der Waals surface area contributed by atoms with Gasteiger partial charge in [-0.15, -0.1) is 0 Å². The Balaban J connectivity index is 1.38. The van der Waals surface area contributed by atoms with E-state index in [0.29, 0.717) is 49.9 Å². The number of piperidine rings is 2. The van der Waals surface area contributed by atoms with Crippen molar-refractivity contribution in [3.63, 3.8) is 0 Å². The number of nitrogens with zero attached hydrogens (tertiary/aromatic N) is 4. The van der Waals surface area contributed by atoms with Crippen molar-refractivity contribution in [2.45, 2.75) is 71.4 Å². The zero-order valence-corrected chi connectivity index (χ0v) is 21.5. The fourth-order valence-corrected chi connectivity index (χ4v) is 4.97. The maximum atomic E-state index is 13.6. The fraction of sp³-hybridized carbons (Fsp3) is 0.630. The molecule has 4 rings (SSSR count). The Morgan fingerprint density at radius 2 is 1.78 bits per heavy atom. The van der Waals surface area contributed by atoms with Crippen LogP contribution in [0.5, 0.6) is 0 Å². The minimum Gasteiger partial charge on any atom is -0.420 e. The van der Waals surface area contributed by atoms with Crippen LogP contribution in [0.25, 0.3) is 0 Å². The molecule has 0 radical (unpaired) electrons. The van der Waals surface area contributed by atoms with Crippen LogP contribution in [0.3, 0.4) is 0 Å². The van der Waals surface area contributed by atoms with Crippen LogP contribution >= 0.6 is 0 Å². The smallest absolute Gasteiger partial charge is 0.420 e. The van der Waals surface area contributed by atoms with Crippen LogP contribution in [0.1, 0.15) is 80.6 Å². The first-order chi connectivity index (χ1) is 17.7. The molecule has 2 fully saturated rings. The molecule has 2 aliphatic rings. The summed E-state index contributed by atoms with van der Waals surface area (Å²) in [5.41, 5.74) is -0.773. The molecule has 2 aromatic rings. The van der Waals surface area contributed by atoms with Crippen molar-refractivity contribution in [1.82, 2.24) is 9.97 Å². The minimum atomic E-state index is -4.78. The summed E-state index contributed by atoms with van der Waals surface area (Å²) in [7, 11) is 0. The maximum Gasteiger partial charge on any atom is 0.437 e. The van der Waals surface area contributed by atoms with Crippen LogP contribution in [-0.4, -0.2) is 47.7 Å². The normalized spacial score (nSPS) is 18.2. The molecule has 0 spiro atoms. The largest absolute Gasteiger partial charge is 0.437 e. The van der Waals surface area contributed by atoms with Gasteiger partial charge in [-0.3, -0.25) is 9.59 Å². The Labute approximate surface area is 215 Å². The summed E-state index contributed by atoms with van der Waals surface area (Å²) in [5, 5.41) is 0. The molecule has 0 aliphatic carbocycles. The van der Waals surface area contributed by atoms with Crippen molar-refractivity contribution >= 4 is 23.4 Å². The molecule has 4 heterocycles. The second-order valence-electron chi connectivity index (χ2n) is 10.3. The molecule has 0 bridgehead atoms. The number of aromatic nitrogens is 2. The molecular formula is C27H35F3N4O3. The standard InChI is InChI=1S/C27H35F3N4O3/c1-3-18(2)15-21(35)20-9-13-33(14-10-20)23-8-7-19(17-31-23)16-22(36)24-25(27(28,29)30)32-26(37-24)34-11-5-4-6-12-34/h7-8,17-18,20H,3-6,9-16H2,1-2H3. The van der Waals surface area contributed by atoms with Gasteiger partial charge in [0.05, 0.1) is 0 Å². The molecular weight excluding hydrogens is 485 g/mol. The Bertz CT molecular complexity index is 1070. The molecule has 0 N–H and O–H groups in total. The van der Waals surface area contributed by atoms with E-state index in [1.807, 2.05) is 0 Å². The number of alkyl halides is 3. The zero-order chi connectivity index (χ0) is 26.6. The molecule has 1 unspecified atom stereocenters. The number of Topliss-reactive ketones (excluding diaryl/α,β-unsaturated/α-hetero) is 2. The van der Waals surface area contributed by atoms with Crippen molar-refractivity contribution in [3.8, 4) is 0 Å². The number of ketones is 2. The van der Waals surface area contributed by atoms with Crippen LogP contribution in [-0.2, 0) is 17.4 Å². The van der Waals surface area contributed by atoms with Gasteiger partial charge in [0.2, 0.25) is 11.5 Å². The quantitative estimate of drug-likeness (QED) is 0.391. The highest BCUT2D eigenvalue weighted by molar-refractivity contribution is 5.96. The third-order valence-electron chi connectivity index (χ3n) is 7.46. The lowest BCUT2D eigenvalue weighted by molar-refractivity contribution is -0.141. The van der Waals surface area contributed by atoms with E-state index in [-0.39, 0.29) is 18.4 Å². The van der Waals surface area contributed by atoms with Gasteiger partial charge in [-0.25, -0.2) is 4.98 Å². The van der Waals surface area contributed by atoms with E-state index in [2.05, 4.69) is 28.7 Å². The number of anilines is 2. The second-order valence-corrected chi connectivity index (χ2v) is 10.3. The fourth-order valence-electron chi connectivity index (χ4n) is 4.97. The summed E-state index contributed by atoms with van der Waals surface area (Å²) >= 11 is 0. The minimum absolute atomic E-state index is 0.0849. The molecule has 202 valence electrons. The summed E-state index contributed by atoms with van der Waals surface area (Å²) in [6.45, 7) is 6.74. The lowest BCUT2D eigenvalue weighted by Crippen LogP contribution is -2.37. The maximum absolute atomic E-state index is 13.6. The summed E-state index contributed by atoms with van der Waals surface area (Å²) < 4.78 is 46.2. The first-order valence-corrected chi connectivity index (χ1v) is 13.2. The molecule has 0 saturated carbocycles. The van der Waals surface area contributed by atoms with Gasteiger partial charge in [-0.1, -0.05) is 26.3 Å². The first-order valence-electron chi connectivity index (χ1n) is 13.2. The average Bonchev–Trinajstić information content (AvgIpc) is 3.36. The second kappa shape index (κ2) is 11.6. The van der Waals surface area contributed by atoms with Crippen molar-refractivity contribution < 1.29 is 27.2 Å². The van der Waals surface area contributed by atoms with E-state index in [1.54, 1.807) is 17.0 Å². The van der Waals surface area contributed by atoms with E-state index in [9.17, 15) is 22.8 Å². The van der Waals surface area contributed by atoms with Crippen LogP contribution in [0.2, 0.25) is 0 Å². The van der Waals surface area contributed by atoms with Gasteiger partial charge < -0.3 is 14.2 Å². The molecule has 0 aromatic carbocycles. The zero-order valence-electron chi connectivity index (χ0n) is 21.5. The van der Waals surface area contributed by atoms with E-state index in [1.165, 1.54) is 6.20 Å². The average molecular weight is 521 g/mol. The number of carbonyl (C=O) groups excluding carboxylic acids is 2. The molecule has 2 aliphatic heterocycles. The van der Waals surface area contributed by atoms with Gasteiger partial charge in [0, 0.05) is 51.1 Å².